The van der Waals surface area contributed by atoms with Crippen LogP contribution in [0.3, 0.4) is 0 Å². The van der Waals surface area contributed by atoms with Crippen molar-refractivity contribution in [2.45, 2.75) is 46.5 Å². The molecule has 7 heteroatoms. The van der Waals surface area contributed by atoms with Crippen LogP contribution in [0.25, 0.3) is 11.5 Å². The van der Waals surface area contributed by atoms with Gasteiger partial charge in [0.1, 0.15) is 5.82 Å². The van der Waals surface area contributed by atoms with Gasteiger partial charge in [0.2, 0.25) is 0 Å². The molecule has 4 aromatic rings. The molecule has 3 heterocycles. The molecule has 1 aromatic carbocycles. The van der Waals surface area contributed by atoms with E-state index in [2.05, 4.69) is 48.1 Å². The number of amides is 1. The summed E-state index contributed by atoms with van der Waals surface area (Å²) in [7, 11) is 0. The third-order valence-corrected chi connectivity index (χ3v) is 5.02. The lowest BCUT2D eigenvalue weighted by molar-refractivity contribution is 0.102. The van der Waals surface area contributed by atoms with E-state index in [-0.39, 0.29) is 11.3 Å². The predicted molar refractivity (Wildman–Crippen MR) is 117 cm³/mol. The molecular formula is C23H26N6O. The molecular weight excluding hydrogens is 376 g/mol. The summed E-state index contributed by atoms with van der Waals surface area (Å²) in [6, 6.07) is 11.4. The Balaban J connectivity index is 1.57. The lowest BCUT2D eigenvalue weighted by Gasteiger charge is -2.18. The second-order valence-corrected chi connectivity index (χ2v) is 8.42. The highest BCUT2D eigenvalue weighted by molar-refractivity contribution is 6.03. The van der Waals surface area contributed by atoms with Crippen molar-refractivity contribution >= 4 is 17.4 Å². The first kappa shape index (κ1) is 19.8. The van der Waals surface area contributed by atoms with Crippen LogP contribution in [0, 0.1) is 6.92 Å². The molecule has 30 heavy (non-hydrogen) atoms. The second-order valence-electron chi connectivity index (χ2n) is 8.42. The predicted octanol–water partition coefficient (Wildman–Crippen LogP) is 4.34. The highest BCUT2D eigenvalue weighted by Crippen LogP contribution is 2.22. The number of imidazole rings is 2. The third kappa shape index (κ3) is 3.83. The minimum absolute atomic E-state index is 0.0470. The fraction of sp³-hybridized carbons (Fsp3) is 0.304. The van der Waals surface area contributed by atoms with Crippen molar-refractivity contribution in [3.05, 3.63) is 71.4 Å². The van der Waals surface area contributed by atoms with Crippen molar-refractivity contribution in [3.63, 3.8) is 0 Å². The average Bonchev–Trinajstić information content (AvgIpc) is 3.28. The van der Waals surface area contributed by atoms with Crippen LogP contribution in [0.2, 0.25) is 0 Å². The molecule has 0 saturated carbocycles. The van der Waals surface area contributed by atoms with Gasteiger partial charge in [0.25, 0.3) is 5.91 Å². The van der Waals surface area contributed by atoms with Gasteiger partial charge in [-0.15, -0.1) is 5.10 Å². The van der Waals surface area contributed by atoms with Crippen LogP contribution in [0.4, 0.5) is 5.82 Å². The zero-order valence-corrected chi connectivity index (χ0v) is 18.0. The highest BCUT2D eigenvalue weighted by atomic mass is 16.1. The highest BCUT2D eigenvalue weighted by Gasteiger charge is 2.15. The first-order chi connectivity index (χ1) is 14.2. The summed E-state index contributed by atoms with van der Waals surface area (Å²) in [5.41, 5.74) is 3.43. The summed E-state index contributed by atoms with van der Waals surface area (Å²) >= 11 is 0. The maximum atomic E-state index is 12.6. The van der Waals surface area contributed by atoms with Gasteiger partial charge in [-0.1, -0.05) is 39.8 Å². The number of rotatable bonds is 4. The molecule has 0 radical (unpaired) electrons. The molecule has 0 aliphatic rings. The quantitative estimate of drug-likeness (QED) is 0.551. The van der Waals surface area contributed by atoms with Crippen molar-refractivity contribution in [2.75, 3.05) is 5.32 Å². The number of benzene rings is 1. The van der Waals surface area contributed by atoms with Crippen molar-refractivity contribution < 1.29 is 4.79 Å². The van der Waals surface area contributed by atoms with Gasteiger partial charge in [-0.3, -0.25) is 9.36 Å². The summed E-state index contributed by atoms with van der Waals surface area (Å²) in [6.45, 7) is 10.5. The molecule has 3 aromatic heterocycles. The summed E-state index contributed by atoms with van der Waals surface area (Å²) in [5, 5.41) is 7.49. The molecule has 0 saturated heterocycles. The Morgan fingerprint density at radius 3 is 2.43 bits per heavy atom. The topological polar surface area (TPSA) is 77.1 Å². The van der Waals surface area contributed by atoms with Gasteiger partial charge in [-0.05, 0) is 42.2 Å². The Morgan fingerprint density at radius 1 is 1.03 bits per heavy atom. The minimum Gasteiger partial charge on any atom is -0.305 e. The van der Waals surface area contributed by atoms with Gasteiger partial charge in [-0.25, -0.2) is 14.5 Å². The standard InChI is InChI=1S/C23H26N6O/c1-6-19-24-15(2)13-28(19)21-12-11-20-25-18(14-29(20)27-21)26-22(30)16-7-9-17(10-8-16)23(3,4)5/h7-14H,6H2,1-5H3,(H,26,30). The molecule has 1 amide bonds. The Labute approximate surface area is 175 Å². The second kappa shape index (κ2) is 7.40. The van der Waals surface area contributed by atoms with Crippen LogP contribution in [0.15, 0.2) is 48.8 Å². The van der Waals surface area contributed by atoms with Crippen molar-refractivity contribution in [2.24, 2.45) is 0 Å². The van der Waals surface area contributed by atoms with E-state index in [4.69, 9.17) is 0 Å². The monoisotopic (exact) mass is 402 g/mol. The van der Waals surface area contributed by atoms with E-state index in [1.807, 2.05) is 54.1 Å². The number of carbonyl (C=O) groups excluding carboxylic acids is 1. The van der Waals surface area contributed by atoms with Gasteiger partial charge in [0.05, 0.1) is 11.9 Å². The van der Waals surface area contributed by atoms with E-state index in [1.165, 1.54) is 5.56 Å². The van der Waals surface area contributed by atoms with E-state index in [0.717, 1.165) is 23.8 Å². The molecule has 0 spiro atoms. The Bertz CT molecular complexity index is 1210. The number of carbonyl (C=O) groups is 1. The summed E-state index contributed by atoms with van der Waals surface area (Å²) in [5.74, 6) is 1.97. The Kier molecular flexibility index (Phi) is 4.89. The molecule has 0 aliphatic carbocycles. The third-order valence-electron chi connectivity index (χ3n) is 5.02. The van der Waals surface area contributed by atoms with E-state index < -0.39 is 0 Å². The number of aryl methyl sites for hydroxylation is 2. The maximum Gasteiger partial charge on any atom is 0.256 e. The van der Waals surface area contributed by atoms with Crippen LogP contribution >= 0.6 is 0 Å². The van der Waals surface area contributed by atoms with Crippen LogP contribution in [0.1, 0.15) is 55.1 Å². The van der Waals surface area contributed by atoms with Gasteiger partial charge in [0, 0.05) is 18.2 Å². The molecule has 0 aliphatic heterocycles. The number of aromatic nitrogens is 5. The first-order valence-corrected chi connectivity index (χ1v) is 10.1. The zero-order chi connectivity index (χ0) is 21.5. The fourth-order valence-electron chi connectivity index (χ4n) is 3.37. The smallest absolute Gasteiger partial charge is 0.256 e. The molecule has 0 bridgehead atoms. The maximum absolute atomic E-state index is 12.6. The average molecular weight is 403 g/mol. The summed E-state index contributed by atoms with van der Waals surface area (Å²) in [4.78, 5) is 21.6. The van der Waals surface area contributed by atoms with E-state index in [9.17, 15) is 4.79 Å². The van der Waals surface area contributed by atoms with Gasteiger partial charge < -0.3 is 5.32 Å². The van der Waals surface area contributed by atoms with Gasteiger partial charge in [0.15, 0.2) is 17.3 Å². The number of hydrogen-bond donors (Lipinski definition) is 1. The Morgan fingerprint density at radius 2 is 1.77 bits per heavy atom. The largest absolute Gasteiger partial charge is 0.305 e. The molecule has 0 fully saturated rings. The van der Waals surface area contributed by atoms with Crippen molar-refractivity contribution in [3.8, 4) is 5.82 Å². The fourth-order valence-corrected chi connectivity index (χ4v) is 3.37. The van der Waals surface area contributed by atoms with E-state index >= 15 is 0 Å². The number of anilines is 1. The van der Waals surface area contributed by atoms with Crippen LogP contribution < -0.4 is 5.32 Å². The first-order valence-electron chi connectivity index (χ1n) is 10.1. The Hall–Kier alpha value is -3.48. The minimum atomic E-state index is -0.197. The lowest BCUT2D eigenvalue weighted by atomic mass is 9.87. The SMILES string of the molecule is CCc1nc(C)cn1-c1ccc2nc(NC(=O)c3ccc(C(C)(C)C)cc3)cn2n1. The molecule has 154 valence electrons. The van der Waals surface area contributed by atoms with Gasteiger partial charge in [-0.2, -0.15) is 0 Å². The number of nitrogens with zero attached hydrogens (tertiary/aromatic N) is 5. The summed E-state index contributed by atoms with van der Waals surface area (Å²) in [6.07, 6.45) is 4.50. The van der Waals surface area contributed by atoms with Crippen molar-refractivity contribution in [1.82, 2.24) is 24.1 Å². The molecule has 7 nitrogen and oxygen atoms in total. The number of fused-ring (bicyclic) bond motifs is 1. The number of nitrogens with one attached hydrogen (secondary N) is 1. The molecule has 0 atom stereocenters. The van der Waals surface area contributed by atoms with Crippen LogP contribution in [-0.2, 0) is 11.8 Å². The number of hydrogen-bond acceptors (Lipinski definition) is 4. The van der Waals surface area contributed by atoms with Crippen LogP contribution in [-0.4, -0.2) is 30.1 Å². The molecule has 4 rings (SSSR count). The van der Waals surface area contributed by atoms with Crippen molar-refractivity contribution in [1.29, 1.82) is 0 Å². The zero-order valence-electron chi connectivity index (χ0n) is 18.0. The van der Waals surface area contributed by atoms with E-state index in [1.54, 1.807) is 10.7 Å². The normalized spacial score (nSPS) is 11.8. The van der Waals surface area contributed by atoms with E-state index in [0.29, 0.717) is 17.0 Å². The van der Waals surface area contributed by atoms with Gasteiger partial charge >= 0.3 is 0 Å². The van der Waals surface area contributed by atoms with Crippen LogP contribution in [0.5, 0.6) is 0 Å². The molecule has 0 unspecified atom stereocenters. The lowest BCUT2D eigenvalue weighted by Crippen LogP contribution is -2.14. The molecule has 1 N–H and O–H groups in total. The summed E-state index contributed by atoms with van der Waals surface area (Å²) < 4.78 is 3.65.